The lowest BCUT2D eigenvalue weighted by Gasteiger charge is -2.29. The first-order valence-corrected chi connectivity index (χ1v) is 10.5. The Hall–Kier alpha value is -2.57. The molecule has 29 heavy (non-hydrogen) atoms. The molecule has 2 aromatic carbocycles. The SMILES string of the molecule is COc1ccc(C)cc1NC(=O)C[NH+]1CC[NH+](Cc2ccc3c(c2)CCO3)CC1. The van der Waals surface area contributed by atoms with Crippen molar-refractivity contribution in [1.29, 1.82) is 0 Å². The molecule has 2 heterocycles. The van der Waals surface area contributed by atoms with E-state index in [4.69, 9.17) is 9.47 Å². The maximum atomic E-state index is 12.5. The summed E-state index contributed by atoms with van der Waals surface area (Å²) in [5.41, 5.74) is 4.58. The van der Waals surface area contributed by atoms with E-state index in [0.29, 0.717) is 12.3 Å². The zero-order valence-corrected chi connectivity index (χ0v) is 17.3. The second-order valence-corrected chi connectivity index (χ2v) is 8.15. The van der Waals surface area contributed by atoms with E-state index in [-0.39, 0.29) is 5.91 Å². The molecular weight excluding hydrogens is 366 g/mol. The van der Waals surface area contributed by atoms with Crippen molar-refractivity contribution in [2.24, 2.45) is 0 Å². The number of amides is 1. The van der Waals surface area contributed by atoms with E-state index in [9.17, 15) is 4.79 Å². The first kappa shape index (κ1) is 19.7. The summed E-state index contributed by atoms with van der Waals surface area (Å²) < 4.78 is 11.0. The number of fused-ring (bicyclic) bond motifs is 1. The number of methoxy groups -OCH3 is 1. The molecule has 1 saturated heterocycles. The minimum atomic E-state index is 0.0472. The van der Waals surface area contributed by atoms with Crippen LogP contribution in [0.1, 0.15) is 16.7 Å². The molecule has 0 radical (unpaired) electrons. The summed E-state index contributed by atoms with van der Waals surface area (Å²) in [6.45, 7) is 8.58. The van der Waals surface area contributed by atoms with E-state index >= 15 is 0 Å². The minimum absolute atomic E-state index is 0.0472. The lowest BCUT2D eigenvalue weighted by atomic mass is 10.1. The monoisotopic (exact) mass is 397 g/mol. The van der Waals surface area contributed by atoms with Gasteiger partial charge in [0.2, 0.25) is 0 Å². The van der Waals surface area contributed by atoms with Crippen molar-refractivity contribution in [3.8, 4) is 11.5 Å². The summed E-state index contributed by atoms with van der Waals surface area (Å²) in [5.74, 6) is 1.80. The molecule has 0 atom stereocenters. The number of hydrogen-bond donors (Lipinski definition) is 3. The van der Waals surface area contributed by atoms with Gasteiger partial charge in [-0.3, -0.25) is 4.79 Å². The lowest BCUT2D eigenvalue weighted by Crippen LogP contribution is -3.28. The molecule has 2 aromatic rings. The molecule has 0 aliphatic carbocycles. The van der Waals surface area contributed by atoms with Crippen LogP contribution in [0.3, 0.4) is 0 Å². The fourth-order valence-corrected chi connectivity index (χ4v) is 4.29. The van der Waals surface area contributed by atoms with Crippen molar-refractivity contribution in [1.82, 2.24) is 0 Å². The smallest absolute Gasteiger partial charge is 0.279 e. The van der Waals surface area contributed by atoms with Crippen molar-refractivity contribution in [2.45, 2.75) is 19.9 Å². The Bertz CT molecular complexity index is 876. The highest BCUT2D eigenvalue weighted by atomic mass is 16.5. The third-order valence-corrected chi connectivity index (χ3v) is 5.91. The number of rotatable bonds is 6. The van der Waals surface area contributed by atoms with Gasteiger partial charge >= 0.3 is 0 Å². The van der Waals surface area contributed by atoms with E-state index in [2.05, 4.69) is 23.5 Å². The summed E-state index contributed by atoms with van der Waals surface area (Å²) in [6.07, 6.45) is 1.03. The molecule has 2 aliphatic rings. The number of anilines is 1. The second-order valence-electron chi connectivity index (χ2n) is 8.15. The number of benzene rings is 2. The lowest BCUT2D eigenvalue weighted by molar-refractivity contribution is -1.02. The number of aryl methyl sites for hydroxylation is 1. The maximum absolute atomic E-state index is 12.5. The fourth-order valence-electron chi connectivity index (χ4n) is 4.29. The molecular formula is C23H31N3O3+2. The third-order valence-electron chi connectivity index (χ3n) is 5.91. The molecule has 4 rings (SSSR count). The van der Waals surface area contributed by atoms with Crippen LogP contribution in [0.15, 0.2) is 36.4 Å². The van der Waals surface area contributed by atoms with E-state index in [1.165, 1.54) is 16.0 Å². The Morgan fingerprint density at radius 3 is 2.69 bits per heavy atom. The number of nitrogens with one attached hydrogen (secondary N) is 3. The average Bonchev–Trinajstić information content (AvgIpc) is 3.17. The molecule has 1 fully saturated rings. The molecule has 154 valence electrons. The number of ether oxygens (including phenoxy) is 2. The second kappa shape index (κ2) is 8.84. The van der Waals surface area contributed by atoms with Gasteiger partial charge < -0.3 is 24.6 Å². The number of quaternary nitrogens is 2. The molecule has 0 unspecified atom stereocenters. The van der Waals surface area contributed by atoms with Gasteiger partial charge in [0.1, 0.15) is 44.2 Å². The van der Waals surface area contributed by atoms with Gasteiger partial charge in [-0.15, -0.1) is 0 Å². The molecule has 0 saturated carbocycles. The third kappa shape index (κ3) is 4.89. The van der Waals surface area contributed by atoms with Gasteiger partial charge in [0.25, 0.3) is 5.91 Å². The molecule has 3 N–H and O–H groups in total. The molecule has 1 amide bonds. The van der Waals surface area contributed by atoms with E-state index in [0.717, 1.165) is 62.8 Å². The summed E-state index contributed by atoms with van der Waals surface area (Å²) in [5, 5.41) is 3.02. The molecule has 0 spiro atoms. The minimum Gasteiger partial charge on any atom is -0.495 e. The van der Waals surface area contributed by atoms with E-state index < -0.39 is 0 Å². The zero-order chi connectivity index (χ0) is 20.2. The van der Waals surface area contributed by atoms with Crippen molar-refractivity contribution in [3.05, 3.63) is 53.1 Å². The molecule has 0 aromatic heterocycles. The maximum Gasteiger partial charge on any atom is 0.279 e. The van der Waals surface area contributed by atoms with Gasteiger partial charge in [-0.1, -0.05) is 6.07 Å². The summed E-state index contributed by atoms with van der Waals surface area (Å²) >= 11 is 0. The fraction of sp³-hybridized carbons (Fsp3) is 0.435. The van der Waals surface area contributed by atoms with Gasteiger partial charge in [0.05, 0.1) is 19.4 Å². The van der Waals surface area contributed by atoms with Crippen molar-refractivity contribution in [3.63, 3.8) is 0 Å². The molecule has 6 nitrogen and oxygen atoms in total. The van der Waals surface area contributed by atoms with Crippen LogP contribution in [0.5, 0.6) is 11.5 Å². The van der Waals surface area contributed by atoms with Gasteiger partial charge in [0, 0.05) is 12.0 Å². The van der Waals surface area contributed by atoms with E-state index in [1.54, 1.807) is 12.0 Å². The van der Waals surface area contributed by atoms with Crippen molar-refractivity contribution < 1.29 is 24.1 Å². The highest BCUT2D eigenvalue weighted by Gasteiger charge is 2.25. The zero-order valence-electron chi connectivity index (χ0n) is 17.3. The van der Waals surface area contributed by atoms with Crippen LogP contribution in [0.25, 0.3) is 0 Å². The first-order valence-electron chi connectivity index (χ1n) is 10.5. The predicted octanol–water partition coefficient (Wildman–Crippen LogP) is -0.139. The Morgan fingerprint density at radius 2 is 1.90 bits per heavy atom. The van der Waals surface area contributed by atoms with Gasteiger partial charge in [0.15, 0.2) is 6.54 Å². The van der Waals surface area contributed by atoms with Crippen LogP contribution in [0.4, 0.5) is 5.69 Å². The van der Waals surface area contributed by atoms with E-state index in [1.807, 2.05) is 25.1 Å². The summed E-state index contributed by atoms with van der Waals surface area (Å²) in [4.78, 5) is 15.5. The largest absolute Gasteiger partial charge is 0.495 e. The van der Waals surface area contributed by atoms with Crippen LogP contribution in [0.2, 0.25) is 0 Å². The topological polar surface area (TPSA) is 56.4 Å². The Balaban J connectivity index is 1.25. The van der Waals surface area contributed by atoms with Crippen LogP contribution >= 0.6 is 0 Å². The molecule has 2 aliphatic heterocycles. The normalized spacial score (nSPS) is 20.6. The summed E-state index contributed by atoms with van der Waals surface area (Å²) in [6, 6.07) is 12.4. The Morgan fingerprint density at radius 1 is 1.10 bits per heavy atom. The van der Waals surface area contributed by atoms with Crippen molar-refractivity contribution >= 4 is 11.6 Å². The standard InChI is InChI=1S/C23H29N3O3/c1-17-3-5-22(28-2)20(13-17)24-23(27)16-26-10-8-25(9-11-26)15-18-4-6-21-19(14-18)7-12-29-21/h3-6,13-14H,7-12,15-16H2,1-2H3,(H,24,27)/p+2. The van der Waals surface area contributed by atoms with Crippen LogP contribution in [0, 0.1) is 6.92 Å². The number of hydrogen-bond acceptors (Lipinski definition) is 3. The quantitative estimate of drug-likeness (QED) is 0.636. The van der Waals surface area contributed by atoms with Crippen LogP contribution in [-0.4, -0.2) is 52.3 Å². The number of carbonyl (C=O) groups excluding carboxylic acids is 1. The van der Waals surface area contributed by atoms with Crippen LogP contribution < -0.4 is 24.6 Å². The number of piperazine rings is 1. The molecule has 6 heteroatoms. The number of carbonyl (C=O) groups is 1. The first-order chi connectivity index (χ1) is 14.1. The summed E-state index contributed by atoms with van der Waals surface area (Å²) in [7, 11) is 1.63. The molecule has 0 bridgehead atoms. The average molecular weight is 398 g/mol. The van der Waals surface area contributed by atoms with Crippen molar-refractivity contribution in [2.75, 3.05) is 51.8 Å². The Kier molecular flexibility index (Phi) is 6.02. The van der Waals surface area contributed by atoms with Gasteiger partial charge in [-0.25, -0.2) is 0 Å². The van der Waals surface area contributed by atoms with Crippen LogP contribution in [-0.2, 0) is 17.8 Å². The highest BCUT2D eigenvalue weighted by Crippen LogP contribution is 2.26. The van der Waals surface area contributed by atoms with Gasteiger partial charge in [-0.2, -0.15) is 0 Å². The Labute approximate surface area is 172 Å². The van der Waals surface area contributed by atoms with Gasteiger partial charge in [-0.05, 0) is 48.4 Å². The highest BCUT2D eigenvalue weighted by molar-refractivity contribution is 5.93. The predicted molar refractivity (Wildman–Crippen MR) is 112 cm³/mol.